The minimum absolute atomic E-state index is 0. The van der Waals surface area contributed by atoms with E-state index in [0.717, 1.165) is 24.3 Å². The quantitative estimate of drug-likeness (QED) is 0.0422. The fourth-order valence-corrected chi connectivity index (χ4v) is 9.42. The largest absolute Gasteiger partial charge is 1.00 e. The van der Waals surface area contributed by atoms with Gasteiger partial charge in [-0.15, -0.1) is 0 Å². The SMILES string of the molecule is O=S(=O)([O-])c1cc(N=Nc2ccc(O)cc2)ccc1/C=C/c1ccc(N=Nc2ccc(O)cc2)cc1S(=O)(=O)[O-].O=S(=O)([O-])c1cc(N=Nc2ccc(O)cc2)ccc1/C=C/c1ccc(N=Nc2ccc(O)cc2)cc1S(=O)(=O)[O-].[Li+].[Li+].[Na+].[Na+]. The van der Waals surface area contributed by atoms with Crippen LogP contribution in [0.3, 0.4) is 0 Å². The smallest absolute Gasteiger partial charge is 0.744 e. The Kier molecular flexibility index (Phi) is 27.2. The molecule has 0 aliphatic carbocycles. The van der Waals surface area contributed by atoms with Crippen LogP contribution in [0.2, 0.25) is 0 Å². The molecule has 0 saturated carbocycles. The number of aromatic hydroxyl groups is 4. The van der Waals surface area contributed by atoms with Crippen molar-refractivity contribution in [3.8, 4) is 23.0 Å². The maximum Gasteiger partial charge on any atom is 1.00 e. The number of hydrogen-bond acceptors (Lipinski definition) is 24. The monoisotopic (exact) mass is 1220 g/mol. The third kappa shape index (κ3) is 21.6. The normalized spacial score (nSPS) is 12.0. The van der Waals surface area contributed by atoms with Gasteiger partial charge in [-0.05, 0) is 168 Å². The van der Waals surface area contributed by atoms with Crippen LogP contribution >= 0.6 is 0 Å². The second-order valence-corrected chi connectivity index (χ2v) is 21.6. The summed E-state index contributed by atoms with van der Waals surface area (Å²) in [4.78, 5) is -2.57. The molecule has 24 nitrogen and oxygen atoms in total. The Hall–Kier alpha value is -6.33. The first-order valence-corrected chi connectivity index (χ1v) is 28.0. The zero-order chi connectivity index (χ0) is 57.8. The third-order valence-corrected chi connectivity index (χ3v) is 14.0. The van der Waals surface area contributed by atoms with Crippen molar-refractivity contribution in [1.29, 1.82) is 0 Å². The molecule has 32 heteroatoms. The van der Waals surface area contributed by atoms with Crippen molar-refractivity contribution < 1.29 is 169 Å². The van der Waals surface area contributed by atoms with Gasteiger partial charge in [0.05, 0.1) is 65.1 Å². The molecule has 0 atom stereocenters. The molecule has 0 bridgehead atoms. The van der Waals surface area contributed by atoms with E-state index in [1.807, 2.05) is 0 Å². The molecule has 408 valence electrons. The molecular formula is C52H36Li2N8Na2O16S4. The number of hydrogen-bond donors (Lipinski definition) is 4. The van der Waals surface area contributed by atoms with Crippen LogP contribution in [0.15, 0.2) is 230 Å². The molecule has 84 heavy (non-hydrogen) atoms. The minimum Gasteiger partial charge on any atom is -0.744 e. The molecule has 0 aliphatic rings. The number of phenolic OH excluding ortho intramolecular Hbond substituents is 4. The Labute approximate surface area is 549 Å². The topological polar surface area (TPSA) is 409 Å². The van der Waals surface area contributed by atoms with Crippen molar-refractivity contribution in [3.63, 3.8) is 0 Å². The van der Waals surface area contributed by atoms with Gasteiger partial charge in [0.25, 0.3) is 0 Å². The van der Waals surface area contributed by atoms with Crippen molar-refractivity contribution in [3.05, 3.63) is 192 Å². The van der Waals surface area contributed by atoms with Gasteiger partial charge in [-0.1, -0.05) is 48.6 Å². The molecule has 0 amide bonds. The summed E-state index contributed by atoms with van der Waals surface area (Å²) < 4.78 is 143. The molecule has 8 rings (SSSR count). The third-order valence-electron chi connectivity index (χ3n) is 10.5. The summed E-state index contributed by atoms with van der Waals surface area (Å²) in [6.07, 6.45) is 4.70. The molecule has 0 radical (unpaired) electrons. The molecular weight excluding hydrogens is 1180 g/mol. The van der Waals surface area contributed by atoms with E-state index in [1.165, 1.54) is 170 Å². The zero-order valence-corrected chi connectivity index (χ0v) is 51.6. The summed E-state index contributed by atoms with van der Waals surface area (Å²) in [6.45, 7) is 0. The van der Waals surface area contributed by atoms with Crippen LogP contribution in [0.5, 0.6) is 23.0 Å². The molecule has 8 aromatic carbocycles. The first kappa shape index (κ1) is 71.9. The first-order valence-electron chi connectivity index (χ1n) is 22.4. The van der Waals surface area contributed by atoms with Gasteiger partial charge in [0, 0.05) is 0 Å². The van der Waals surface area contributed by atoms with E-state index < -0.39 is 60.1 Å². The predicted octanol–water partition coefficient (Wildman–Crippen LogP) is -0.170. The van der Waals surface area contributed by atoms with Gasteiger partial charge in [-0.2, -0.15) is 40.9 Å². The standard InChI is InChI=1S/2C26H20N4O8S2.2Li.2Na/c2*31-23-11-7-19(8-12-23)27-29-21-5-3-17(25(15-21)39(33,34)35)1-2-18-4-6-22(16-26(18)40(36,37)38)30-28-20-9-13-24(32)14-10-20;;;;/h2*1-16,31-32H,(H,33,34,35)(H,36,37,38);;;;/q;;4*+1/p-4/b2*2-1+,29-27?,30-28?;;;;. The van der Waals surface area contributed by atoms with Gasteiger partial charge in [0.2, 0.25) is 0 Å². The van der Waals surface area contributed by atoms with E-state index in [1.54, 1.807) is 0 Å². The zero-order valence-electron chi connectivity index (χ0n) is 44.4. The Morgan fingerprint density at radius 3 is 0.560 bits per heavy atom. The second-order valence-electron chi connectivity index (χ2n) is 16.2. The summed E-state index contributed by atoms with van der Waals surface area (Å²) in [5, 5.41) is 68.6. The Balaban J connectivity index is 0.000000420. The average Bonchev–Trinajstić information content (AvgIpc) is 3.54. The average molecular weight is 1220 g/mol. The summed E-state index contributed by atoms with van der Waals surface area (Å²) >= 11 is 0. The minimum atomic E-state index is -4.99. The molecule has 0 aliphatic heterocycles. The van der Waals surface area contributed by atoms with Crippen LogP contribution in [0.1, 0.15) is 22.3 Å². The van der Waals surface area contributed by atoms with Crippen LogP contribution in [0.25, 0.3) is 24.3 Å². The van der Waals surface area contributed by atoms with Gasteiger partial charge in [0.1, 0.15) is 63.5 Å². The molecule has 0 saturated heterocycles. The molecule has 0 heterocycles. The van der Waals surface area contributed by atoms with Crippen molar-refractivity contribution in [2.24, 2.45) is 40.9 Å². The van der Waals surface area contributed by atoms with E-state index >= 15 is 0 Å². The number of azo groups is 4. The predicted molar refractivity (Wildman–Crippen MR) is 285 cm³/mol. The van der Waals surface area contributed by atoms with E-state index in [9.17, 15) is 72.3 Å². The van der Waals surface area contributed by atoms with Crippen LogP contribution < -0.4 is 96.8 Å². The van der Waals surface area contributed by atoms with Crippen molar-refractivity contribution in [2.45, 2.75) is 19.6 Å². The maximum absolute atomic E-state index is 11.9. The van der Waals surface area contributed by atoms with E-state index in [4.69, 9.17) is 0 Å². The van der Waals surface area contributed by atoms with E-state index in [0.29, 0.717) is 22.7 Å². The fraction of sp³-hybridized carbons (Fsp3) is 0. The number of phenols is 4. The first-order chi connectivity index (χ1) is 37.8. The van der Waals surface area contributed by atoms with E-state index in [2.05, 4.69) is 40.9 Å². The molecule has 4 N–H and O–H groups in total. The summed E-state index contributed by atoms with van der Waals surface area (Å²) in [5.41, 5.74) is 1.33. The Bertz CT molecular complexity index is 3730. The van der Waals surface area contributed by atoms with Crippen LogP contribution in [-0.2, 0) is 40.5 Å². The van der Waals surface area contributed by atoms with Gasteiger partial charge in [-0.25, -0.2) is 33.7 Å². The van der Waals surface area contributed by atoms with Crippen molar-refractivity contribution in [1.82, 2.24) is 0 Å². The summed E-state index contributed by atoms with van der Waals surface area (Å²) in [5.74, 6) is 0.0958. The second kappa shape index (κ2) is 31.7. The number of rotatable bonds is 16. The molecule has 0 unspecified atom stereocenters. The maximum atomic E-state index is 11.9. The van der Waals surface area contributed by atoms with Gasteiger partial charge >= 0.3 is 96.8 Å². The Morgan fingerprint density at radius 1 is 0.262 bits per heavy atom. The molecule has 0 aromatic heterocycles. The van der Waals surface area contributed by atoms with Crippen molar-refractivity contribution in [2.75, 3.05) is 0 Å². The van der Waals surface area contributed by atoms with E-state index in [-0.39, 0.29) is 165 Å². The number of benzene rings is 8. The molecule has 0 fully saturated rings. The van der Waals surface area contributed by atoms with Crippen molar-refractivity contribution >= 4 is 110 Å². The summed E-state index contributed by atoms with van der Waals surface area (Å²) in [6, 6.07) is 37.6. The molecule has 0 spiro atoms. The van der Waals surface area contributed by atoms with Gasteiger partial charge in [-0.3, -0.25) is 0 Å². The Morgan fingerprint density at radius 2 is 0.405 bits per heavy atom. The van der Waals surface area contributed by atoms with Crippen LogP contribution in [0, 0.1) is 0 Å². The van der Waals surface area contributed by atoms with Gasteiger partial charge < -0.3 is 38.6 Å². The van der Waals surface area contributed by atoms with Crippen LogP contribution in [0.4, 0.5) is 45.5 Å². The fourth-order valence-electron chi connectivity index (χ4n) is 6.66. The van der Waals surface area contributed by atoms with Crippen LogP contribution in [-0.4, -0.2) is 72.3 Å². The van der Waals surface area contributed by atoms with Gasteiger partial charge in [0.15, 0.2) is 0 Å². The number of nitrogens with zero attached hydrogens (tertiary/aromatic N) is 8. The molecule has 8 aromatic rings. The summed E-state index contributed by atoms with van der Waals surface area (Å²) in [7, 11) is -20.0.